The van der Waals surface area contributed by atoms with E-state index in [0.717, 1.165) is 26.0 Å². The molecule has 0 aliphatic rings. The van der Waals surface area contributed by atoms with Crippen molar-refractivity contribution in [2.24, 2.45) is 0 Å². The summed E-state index contributed by atoms with van der Waals surface area (Å²) in [7, 11) is 1.31. The quantitative estimate of drug-likeness (QED) is 0.164. The van der Waals surface area contributed by atoms with Gasteiger partial charge in [0.1, 0.15) is 11.4 Å². The molecule has 0 atom stereocenters. The van der Waals surface area contributed by atoms with Crippen LogP contribution >= 0.6 is 22.6 Å². The van der Waals surface area contributed by atoms with Gasteiger partial charge in [0, 0.05) is 9.13 Å². The van der Waals surface area contributed by atoms with E-state index in [0.29, 0.717) is 6.42 Å². The Morgan fingerprint density at radius 3 is 1.74 bits per heavy atom. The van der Waals surface area contributed by atoms with Crippen LogP contribution in [0.4, 0.5) is 0 Å². The molecule has 2 N–H and O–H groups in total. The van der Waals surface area contributed by atoms with Crippen LogP contribution in [-0.2, 0) is 31.9 Å². The van der Waals surface area contributed by atoms with E-state index < -0.39 is 7.12 Å². The maximum absolute atomic E-state index is 11.3. The van der Waals surface area contributed by atoms with Crippen molar-refractivity contribution in [3.8, 4) is 11.3 Å². The van der Waals surface area contributed by atoms with Gasteiger partial charge in [-0.15, -0.1) is 0 Å². The number of furan rings is 2. The summed E-state index contributed by atoms with van der Waals surface area (Å²) in [6.07, 6.45) is 3.61. The number of hydrogen-bond acceptors (Lipinski definition) is 8. The summed E-state index contributed by atoms with van der Waals surface area (Å²) in [4.78, 5) is 22.2. The summed E-state index contributed by atoms with van der Waals surface area (Å²) in [5, 5.41) is 16.7. The van der Waals surface area contributed by atoms with Gasteiger partial charge in [0.25, 0.3) is 0 Å². The fraction of sp³-hybridized carbons (Fsp3) is 0.241. The largest absolute Gasteiger partial charge is 0.526 e. The molecule has 39 heavy (non-hydrogen) atoms. The van der Waals surface area contributed by atoms with E-state index >= 15 is 0 Å². The van der Waals surface area contributed by atoms with Crippen molar-refractivity contribution in [3.63, 3.8) is 0 Å². The molecule has 0 unspecified atom stereocenters. The first-order chi connectivity index (χ1) is 18.3. The second kappa shape index (κ2) is 20.6. The molecule has 0 radical (unpaired) electrons. The number of halogens is 1. The second-order valence-electron chi connectivity index (χ2n) is 7.12. The zero-order chi connectivity index (χ0) is 28.3. The van der Waals surface area contributed by atoms with Gasteiger partial charge in [-0.2, -0.15) is 0 Å². The Morgan fingerprint density at radius 1 is 0.769 bits per heavy atom. The highest BCUT2D eigenvalue weighted by atomic mass is 127. The van der Waals surface area contributed by atoms with Crippen molar-refractivity contribution in [1.82, 2.24) is 0 Å². The molecular formula is C29H36BIO8. The van der Waals surface area contributed by atoms with E-state index in [9.17, 15) is 9.59 Å². The average Bonchev–Trinajstić information content (AvgIpc) is 3.67. The van der Waals surface area contributed by atoms with Crippen LogP contribution in [0.1, 0.15) is 32.4 Å². The van der Waals surface area contributed by atoms with Crippen LogP contribution in [0.5, 0.6) is 0 Å². The van der Waals surface area contributed by atoms with Gasteiger partial charge in [0.05, 0.1) is 39.6 Å². The highest BCUT2D eigenvalue weighted by Gasteiger charge is 2.12. The lowest BCUT2D eigenvalue weighted by atomic mass is 9.88. The minimum atomic E-state index is -1.48. The van der Waals surface area contributed by atoms with Crippen LogP contribution in [0.15, 0.2) is 94.2 Å². The number of ether oxygens (including phenoxy) is 2. The number of esters is 2. The molecule has 0 saturated carbocycles. The van der Waals surface area contributed by atoms with E-state index in [1.165, 1.54) is 26.5 Å². The third-order valence-electron chi connectivity index (χ3n) is 4.68. The first-order valence-corrected chi connectivity index (χ1v) is 12.8. The van der Waals surface area contributed by atoms with E-state index in [-0.39, 0.29) is 31.4 Å². The fourth-order valence-corrected chi connectivity index (χ4v) is 3.46. The number of carbonyl (C=O) groups is 2. The maximum Gasteiger partial charge on any atom is 0.526 e. The van der Waals surface area contributed by atoms with Gasteiger partial charge in [-0.3, -0.25) is 9.59 Å². The zero-order valence-electron chi connectivity index (χ0n) is 21.8. The Kier molecular flexibility index (Phi) is 18.8. The number of methoxy groups -OCH3 is 2. The lowest BCUT2D eigenvalue weighted by Gasteiger charge is -2.05. The fourth-order valence-electron chi connectivity index (χ4n) is 2.88. The smallest absolute Gasteiger partial charge is 0.473 e. The van der Waals surface area contributed by atoms with Gasteiger partial charge in [-0.05, 0) is 64.0 Å². The molecule has 10 heteroatoms. The lowest BCUT2D eigenvalue weighted by molar-refractivity contribution is -0.140. The summed E-state index contributed by atoms with van der Waals surface area (Å²) in [6, 6.07) is 22.2. The molecule has 2 aromatic heterocycles. The molecule has 2 aromatic carbocycles. The zero-order valence-corrected chi connectivity index (χ0v) is 24.0. The molecule has 0 bridgehead atoms. The number of rotatable bonds is 6. The minimum Gasteiger partial charge on any atom is -0.473 e. The van der Waals surface area contributed by atoms with Gasteiger partial charge >= 0.3 is 19.1 Å². The van der Waals surface area contributed by atoms with E-state index in [1.54, 1.807) is 12.3 Å². The van der Waals surface area contributed by atoms with Crippen molar-refractivity contribution in [1.29, 1.82) is 0 Å². The number of benzene rings is 2. The van der Waals surface area contributed by atoms with Crippen molar-refractivity contribution < 1.29 is 37.9 Å². The number of hydrogen-bond donors (Lipinski definition) is 2. The molecule has 4 aromatic rings. The van der Waals surface area contributed by atoms with Crippen LogP contribution in [0.3, 0.4) is 0 Å². The van der Waals surface area contributed by atoms with Gasteiger partial charge in [0.2, 0.25) is 0 Å². The van der Waals surface area contributed by atoms with E-state index in [2.05, 4.69) is 36.5 Å². The summed E-state index contributed by atoms with van der Waals surface area (Å²) in [5.41, 5.74) is 3.03. The topological polar surface area (TPSA) is 119 Å². The van der Waals surface area contributed by atoms with Crippen molar-refractivity contribution in [3.05, 3.63) is 100 Å². The van der Waals surface area contributed by atoms with Crippen LogP contribution in [0, 0.1) is 3.57 Å². The minimum absolute atomic E-state index is 0. The van der Waals surface area contributed by atoms with Gasteiger partial charge < -0.3 is 28.4 Å². The predicted octanol–water partition coefficient (Wildman–Crippen LogP) is 5.29. The molecule has 0 saturated heterocycles. The van der Waals surface area contributed by atoms with Gasteiger partial charge in [0.15, 0.2) is 0 Å². The molecule has 4 rings (SSSR count). The van der Waals surface area contributed by atoms with Crippen LogP contribution < -0.4 is 5.66 Å². The average molecular weight is 650 g/mol. The molecule has 8 nitrogen and oxygen atoms in total. The van der Waals surface area contributed by atoms with E-state index in [4.69, 9.17) is 14.5 Å². The maximum atomic E-state index is 11.3. The summed E-state index contributed by atoms with van der Waals surface area (Å²) in [5.74, 6) is 0.317. The third kappa shape index (κ3) is 13.3. The standard InChI is InChI=1S/C13H12O3.C9H9IO2.C4H5BO3.C2H6.CH4/c1-15-13(14)9-10-5-2-3-6-11(10)12-7-4-8-16-12;1-12-9(11)6-7-4-2-3-5-8(7)10;6-5(7)4-2-1-3-8-4;1-2;/h2-8H,9H2,1H3;2-5H,6H2,1H3;1-3,6-7H;1-2H3;1H4. The second-order valence-corrected chi connectivity index (χ2v) is 8.28. The SMILES string of the molecule is C.CC.COC(=O)Cc1ccccc1-c1ccco1.COC(=O)Cc1ccccc1I.OB(O)c1ccco1. The molecule has 0 amide bonds. The summed E-state index contributed by atoms with van der Waals surface area (Å²) >= 11 is 2.20. The van der Waals surface area contributed by atoms with Crippen LogP contribution in [0.2, 0.25) is 0 Å². The molecule has 0 fully saturated rings. The molecule has 210 valence electrons. The summed E-state index contributed by atoms with van der Waals surface area (Å²) in [6.45, 7) is 4.00. The molecule has 0 aliphatic carbocycles. The normalized spacial score (nSPS) is 9.10. The predicted molar refractivity (Wildman–Crippen MR) is 161 cm³/mol. The lowest BCUT2D eigenvalue weighted by Crippen LogP contribution is -2.27. The first-order valence-electron chi connectivity index (χ1n) is 11.7. The monoisotopic (exact) mass is 650 g/mol. The summed E-state index contributed by atoms with van der Waals surface area (Å²) < 4.78 is 20.2. The Labute approximate surface area is 244 Å². The molecule has 0 aliphatic heterocycles. The van der Waals surface area contributed by atoms with Crippen molar-refractivity contribution >= 4 is 47.3 Å². The molecular weight excluding hydrogens is 614 g/mol. The van der Waals surface area contributed by atoms with Gasteiger partial charge in [-0.25, -0.2) is 0 Å². The van der Waals surface area contributed by atoms with Gasteiger partial charge in [-0.1, -0.05) is 63.7 Å². The van der Waals surface area contributed by atoms with Crippen molar-refractivity contribution in [2.45, 2.75) is 34.1 Å². The molecule has 2 heterocycles. The third-order valence-corrected chi connectivity index (χ3v) is 5.74. The highest BCUT2D eigenvalue weighted by Crippen LogP contribution is 2.24. The Morgan fingerprint density at radius 2 is 1.28 bits per heavy atom. The van der Waals surface area contributed by atoms with E-state index in [1.807, 2.05) is 74.5 Å². The first kappa shape index (κ1) is 35.7. The Bertz CT molecular complexity index is 1190. The Balaban J connectivity index is 0.000000558. The Hall–Kier alpha value is -3.35. The molecule has 0 spiro atoms. The highest BCUT2D eigenvalue weighted by molar-refractivity contribution is 14.1. The number of carbonyl (C=O) groups excluding carboxylic acids is 2. The van der Waals surface area contributed by atoms with Crippen molar-refractivity contribution in [2.75, 3.05) is 14.2 Å². The van der Waals surface area contributed by atoms with Crippen LogP contribution in [0.25, 0.3) is 11.3 Å². The van der Waals surface area contributed by atoms with Crippen LogP contribution in [-0.4, -0.2) is 43.3 Å².